The molecule has 0 saturated heterocycles. The van der Waals surface area contributed by atoms with Gasteiger partial charge in [0.1, 0.15) is 0 Å². The van der Waals surface area contributed by atoms with Gasteiger partial charge in [0.15, 0.2) is 6.29 Å². The minimum atomic E-state index is -1.58. The number of rotatable bonds is 7. The molecule has 6 heteroatoms. The van der Waals surface area contributed by atoms with E-state index in [0.29, 0.717) is 6.61 Å². The molecule has 0 fully saturated rings. The highest BCUT2D eigenvalue weighted by molar-refractivity contribution is 9.10. The van der Waals surface area contributed by atoms with Gasteiger partial charge in [-0.25, -0.2) is 4.79 Å². The van der Waals surface area contributed by atoms with Crippen LogP contribution in [0.1, 0.15) is 25.3 Å². The topological polar surface area (TPSA) is 70.0 Å². The van der Waals surface area contributed by atoms with Crippen molar-refractivity contribution in [2.45, 2.75) is 32.6 Å². The van der Waals surface area contributed by atoms with E-state index in [1.165, 1.54) is 4.90 Å². The second kappa shape index (κ2) is 8.94. The summed E-state index contributed by atoms with van der Waals surface area (Å²) in [6, 6.07) is 7.47. The predicted octanol–water partition coefficient (Wildman–Crippen LogP) is 2.50. The van der Waals surface area contributed by atoms with Crippen LogP contribution in [0.3, 0.4) is 0 Å². The normalized spacial score (nSPS) is 10.7. The molecule has 1 rings (SSSR count). The van der Waals surface area contributed by atoms with Gasteiger partial charge in [-0.3, -0.25) is 4.90 Å². The van der Waals surface area contributed by atoms with Crippen molar-refractivity contribution in [2.75, 3.05) is 13.2 Å². The Balaban J connectivity index is 2.66. The number of hydrogen-bond donors (Lipinski definition) is 2. The third-order valence-corrected chi connectivity index (χ3v) is 3.12. The molecule has 20 heavy (non-hydrogen) atoms. The molecule has 2 N–H and O–H groups in total. The standard InChI is InChI=1S/C14H20BrNO4/c1-2-3-7-20-14(19)16(10-13(17)18)9-11-5-4-6-12(15)8-11/h4-6,8,13,17-18H,2-3,7,9-10H2,1H3. The van der Waals surface area contributed by atoms with Crippen LogP contribution in [0.5, 0.6) is 0 Å². The Bertz CT molecular complexity index is 425. The summed E-state index contributed by atoms with van der Waals surface area (Å²) in [4.78, 5) is 13.2. The van der Waals surface area contributed by atoms with E-state index in [1.807, 2.05) is 31.2 Å². The monoisotopic (exact) mass is 345 g/mol. The summed E-state index contributed by atoms with van der Waals surface area (Å²) in [5.74, 6) is 0. The lowest BCUT2D eigenvalue weighted by atomic mass is 10.2. The van der Waals surface area contributed by atoms with Crippen molar-refractivity contribution in [3.8, 4) is 0 Å². The Labute approximate surface area is 127 Å². The summed E-state index contributed by atoms with van der Waals surface area (Å²) >= 11 is 3.36. The molecular formula is C14H20BrNO4. The van der Waals surface area contributed by atoms with E-state index in [4.69, 9.17) is 14.9 Å². The first-order valence-corrected chi connectivity index (χ1v) is 7.34. The quantitative estimate of drug-likeness (QED) is 0.588. The van der Waals surface area contributed by atoms with Gasteiger partial charge < -0.3 is 14.9 Å². The van der Waals surface area contributed by atoms with Gasteiger partial charge in [0.2, 0.25) is 0 Å². The highest BCUT2D eigenvalue weighted by Gasteiger charge is 2.18. The molecule has 0 bridgehead atoms. The number of aliphatic hydroxyl groups excluding tert-OH is 1. The van der Waals surface area contributed by atoms with Gasteiger partial charge in [-0.2, -0.15) is 0 Å². The van der Waals surface area contributed by atoms with Crippen LogP contribution in [0.4, 0.5) is 4.79 Å². The molecule has 5 nitrogen and oxygen atoms in total. The lowest BCUT2D eigenvalue weighted by Gasteiger charge is -2.23. The van der Waals surface area contributed by atoms with Crippen LogP contribution in [0.25, 0.3) is 0 Å². The third-order valence-electron chi connectivity index (χ3n) is 2.63. The van der Waals surface area contributed by atoms with E-state index in [0.717, 1.165) is 22.9 Å². The molecule has 112 valence electrons. The molecule has 0 aliphatic rings. The molecule has 0 unspecified atom stereocenters. The van der Waals surface area contributed by atoms with Crippen molar-refractivity contribution in [3.05, 3.63) is 34.3 Å². The van der Waals surface area contributed by atoms with Crippen LogP contribution in [-0.4, -0.2) is 40.6 Å². The van der Waals surface area contributed by atoms with Crippen molar-refractivity contribution in [2.24, 2.45) is 0 Å². The summed E-state index contributed by atoms with van der Waals surface area (Å²) in [5.41, 5.74) is 0.882. The number of amides is 1. The van der Waals surface area contributed by atoms with Crippen molar-refractivity contribution < 1.29 is 19.7 Å². The summed E-state index contributed by atoms with van der Waals surface area (Å²) in [5, 5.41) is 18.1. The fourth-order valence-corrected chi connectivity index (χ4v) is 2.10. The Morgan fingerprint density at radius 3 is 2.80 bits per heavy atom. The lowest BCUT2D eigenvalue weighted by molar-refractivity contribution is -0.0607. The predicted molar refractivity (Wildman–Crippen MR) is 79.0 cm³/mol. The Hall–Kier alpha value is -1.11. The van der Waals surface area contributed by atoms with Gasteiger partial charge in [0.25, 0.3) is 0 Å². The van der Waals surface area contributed by atoms with Crippen LogP contribution in [0.15, 0.2) is 28.7 Å². The zero-order chi connectivity index (χ0) is 15.0. The maximum Gasteiger partial charge on any atom is 0.410 e. The second-order valence-electron chi connectivity index (χ2n) is 4.46. The molecule has 0 aliphatic carbocycles. The molecule has 0 aromatic heterocycles. The van der Waals surface area contributed by atoms with Gasteiger partial charge in [0, 0.05) is 11.0 Å². The van der Waals surface area contributed by atoms with Crippen molar-refractivity contribution in [3.63, 3.8) is 0 Å². The molecular weight excluding hydrogens is 326 g/mol. The number of unbranched alkanes of at least 4 members (excludes halogenated alkanes) is 1. The highest BCUT2D eigenvalue weighted by atomic mass is 79.9. The number of carbonyl (C=O) groups is 1. The van der Waals surface area contributed by atoms with Crippen LogP contribution in [0.2, 0.25) is 0 Å². The smallest absolute Gasteiger partial charge is 0.410 e. The molecule has 0 saturated carbocycles. The molecule has 1 amide bonds. The second-order valence-corrected chi connectivity index (χ2v) is 5.37. The Morgan fingerprint density at radius 1 is 1.45 bits per heavy atom. The van der Waals surface area contributed by atoms with E-state index >= 15 is 0 Å². The van der Waals surface area contributed by atoms with E-state index in [9.17, 15) is 4.79 Å². The van der Waals surface area contributed by atoms with Gasteiger partial charge >= 0.3 is 6.09 Å². The van der Waals surface area contributed by atoms with Crippen LogP contribution in [-0.2, 0) is 11.3 Å². The summed E-state index contributed by atoms with van der Waals surface area (Å²) in [6.45, 7) is 2.43. The molecule has 1 aromatic rings. The van der Waals surface area contributed by atoms with E-state index < -0.39 is 12.4 Å². The van der Waals surface area contributed by atoms with E-state index in [2.05, 4.69) is 15.9 Å². The zero-order valence-electron chi connectivity index (χ0n) is 11.5. The van der Waals surface area contributed by atoms with E-state index in [-0.39, 0.29) is 13.1 Å². The third kappa shape index (κ3) is 6.36. The van der Waals surface area contributed by atoms with Gasteiger partial charge in [-0.05, 0) is 24.1 Å². The van der Waals surface area contributed by atoms with E-state index in [1.54, 1.807) is 0 Å². The first kappa shape index (κ1) is 16.9. The fraction of sp³-hybridized carbons (Fsp3) is 0.500. The van der Waals surface area contributed by atoms with Crippen molar-refractivity contribution >= 4 is 22.0 Å². The zero-order valence-corrected chi connectivity index (χ0v) is 13.0. The number of halogens is 1. The average Bonchev–Trinajstić information content (AvgIpc) is 2.37. The molecule has 0 radical (unpaired) electrons. The largest absolute Gasteiger partial charge is 0.449 e. The summed E-state index contributed by atoms with van der Waals surface area (Å²) < 4.78 is 6.00. The number of ether oxygens (including phenoxy) is 1. The minimum Gasteiger partial charge on any atom is -0.449 e. The van der Waals surface area contributed by atoms with Gasteiger partial charge in [-0.15, -0.1) is 0 Å². The maximum absolute atomic E-state index is 11.9. The van der Waals surface area contributed by atoms with Crippen LogP contribution >= 0.6 is 15.9 Å². The molecule has 0 atom stereocenters. The number of benzene rings is 1. The average molecular weight is 346 g/mol. The number of aliphatic hydroxyl groups is 2. The van der Waals surface area contributed by atoms with Gasteiger partial charge in [-0.1, -0.05) is 41.4 Å². The first-order chi connectivity index (χ1) is 9.52. The molecule has 0 aliphatic heterocycles. The number of hydrogen-bond acceptors (Lipinski definition) is 4. The fourth-order valence-electron chi connectivity index (χ4n) is 1.65. The summed E-state index contributed by atoms with van der Waals surface area (Å²) in [7, 11) is 0. The SMILES string of the molecule is CCCCOC(=O)N(Cc1cccc(Br)c1)CC(O)O. The maximum atomic E-state index is 11.9. The van der Waals surface area contributed by atoms with Crippen molar-refractivity contribution in [1.29, 1.82) is 0 Å². The van der Waals surface area contributed by atoms with Crippen LogP contribution in [0, 0.1) is 0 Å². The Morgan fingerprint density at radius 2 is 2.20 bits per heavy atom. The lowest BCUT2D eigenvalue weighted by Crippen LogP contribution is -2.37. The van der Waals surface area contributed by atoms with Crippen molar-refractivity contribution in [1.82, 2.24) is 4.90 Å². The summed E-state index contributed by atoms with van der Waals surface area (Å²) in [6.07, 6.45) is -0.396. The highest BCUT2D eigenvalue weighted by Crippen LogP contribution is 2.14. The number of carbonyl (C=O) groups excluding carboxylic acids is 1. The minimum absolute atomic E-state index is 0.183. The molecule has 0 spiro atoms. The first-order valence-electron chi connectivity index (χ1n) is 6.55. The van der Waals surface area contributed by atoms with Gasteiger partial charge in [0.05, 0.1) is 13.2 Å². The van der Waals surface area contributed by atoms with Crippen LogP contribution < -0.4 is 0 Å². The number of nitrogens with zero attached hydrogens (tertiary/aromatic N) is 1. The Kier molecular flexibility index (Phi) is 7.58. The molecule has 0 heterocycles. The molecule has 1 aromatic carbocycles.